The smallest absolute Gasteiger partial charge is 0.143 e. The molecule has 3 nitrogen and oxygen atoms in total. The number of rotatable bonds is 5. The Morgan fingerprint density at radius 1 is 1.29 bits per heavy atom. The van der Waals surface area contributed by atoms with E-state index < -0.39 is 12.1 Å². The van der Waals surface area contributed by atoms with Gasteiger partial charge in [0.1, 0.15) is 5.75 Å². The van der Waals surface area contributed by atoms with Gasteiger partial charge in [0, 0.05) is 0 Å². The molecule has 0 bridgehead atoms. The molecular formula is C12H17Br2NO2. The van der Waals surface area contributed by atoms with Crippen LogP contribution in [0.2, 0.25) is 0 Å². The monoisotopic (exact) mass is 365 g/mol. The molecule has 2 atom stereocenters. The third-order valence-electron chi connectivity index (χ3n) is 2.69. The molecule has 1 aromatic rings. The second-order valence-corrected chi connectivity index (χ2v) is 5.78. The number of hydrogen-bond acceptors (Lipinski definition) is 3. The zero-order valence-corrected chi connectivity index (χ0v) is 12.8. The number of phenols is 1. The molecule has 0 saturated carbocycles. The number of aliphatic hydroxyl groups is 1. The van der Waals surface area contributed by atoms with Gasteiger partial charge in [0.25, 0.3) is 0 Å². The van der Waals surface area contributed by atoms with Crippen LogP contribution in [0.5, 0.6) is 5.75 Å². The number of phenolic OH excluding ortho intramolecular Hbond substituents is 1. The van der Waals surface area contributed by atoms with E-state index in [0.717, 1.165) is 18.4 Å². The Bertz CT molecular complexity index is 362. The highest BCUT2D eigenvalue weighted by Crippen LogP contribution is 2.35. The zero-order chi connectivity index (χ0) is 13.0. The highest BCUT2D eigenvalue weighted by Gasteiger charge is 2.18. The summed E-state index contributed by atoms with van der Waals surface area (Å²) in [5, 5.41) is 19.5. The van der Waals surface area contributed by atoms with E-state index in [1.807, 2.05) is 0 Å². The highest BCUT2D eigenvalue weighted by atomic mass is 79.9. The number of aliphatic hydroxyl groups excluding tert-OH is 1. The van der Waals surface area contributed by atoms with Gasteiger partial charge >= 0.3 is 0 Å². The number of hydrogen-bond donors (Lipinski definition) is 3. The summed E-state index contributed by atoms with van der Waals surface area (Å²) >= 11 is 6.50. The maximum atomic E-state index is 9.94. The lowest BCUT2D eigenvalue weighted by atomic mass is 9.98. The van der Waals surface area contributed by atoms with Crippen LogP contribution in [0.3, 0.4) is 0 Å². The van der Waals surface area contributed by atoms with E-state index in [2.05, 4.69) is 38.8 Å². The van der Waals surface area contributed by atoms with Crippen LogP contribution in [0, 0.1) is 0 Å². The first-order valence-electron chi connectivity index (χ1n) is 5.59. The molecule has 0 spiro atoms. The van der Waals surface area contributed by atoms with Crippen LogP contribution in [-0.4, -0.2) is 16.3 Å². The number of nitrogens with two attached hydrogens (primary N) is 1. The van der Waals surface area contributed by atoms with Crippen LogP contribution in [0.15, 0.2) is 21.1 Å². The predicted molar refractivity (Wildman–Crippen MR) is 76.0 cm³/mol. The van der Waals surface area contributed by atoms with E-state index >= 15 is 0 Å². The van der Waals surface area contributed by atoms with Gasteiger partial charge in [-0.05, 0) is 56.0 Å². The molecule has 0 radical (unpaired) electrons. The summed E-state index contributed by atoms with van der Waals surface area (Å²) in [7, 11) is 0. The lowest BCUT2D eigenvalue weighted by molar-refractivity contribution is 0.132. The average Bonchev–Trinajstić information content (AvgIpc) is 2.31. The van der Waals surface area contributed by atoms with Crippen molar-refractivity contribution in [1.29, 1.82) is 0 Å². The van der Waals surface area contributed by atoms with E-state index in [-0.39, 0.29) is 5.75 Å². The summed E-state index contributed by atoms with van der Waals surface area (Å²) in [4.78, 5) is 0. The van der Waals surface area contributed by atoms with Crippen LogP contribution < -0.4 is 5.73 Å². The minimum absolute atomic E-state index is 0.143. The van der Waals surface area contributed by atoms with E-state index in [0.29, 0.717) is 15.4 Å². The molecule has 0 aliphatic heterocycles. The SMILES string of the molecule is CCCC[C@H](O)[C@H](N)c1cc(Br)c(O)c(Br)c1. The first-order chi connectivity index (χ1) is 7.97. The lowest BCUT2D eigenvalue weighted by Crippen LogP contribution is -2.26. The normalized spacial score (nSPS) is 14.6. The maximum Gasteiger partial charge on any atom is 0.143 e. The first kappa shape index (κ1) is 15.0. The van der Waals surface area contributed by atoms with Crippen molar-refractivity contribution < 1.29 is 10.2 Å². The van der Waals surface area contributed by atoms with Crippen molar-refractivity contribution in [3.8, 4) is 5.75 Å². The number of halogens is 2. The Morgan fingerprint density at radius 2 is 1.82 bits per heavy atom. The second-order valence-electron chi connectivity index (χ2n) is 4.07. The molecule has 0 saturated heterocycles. The molecule has 4 N–H and O–H groups in total. The minimum atomic E-state index is -0.557. The maximum absolute atomic E-state index is 9.94. The van der Waals surface area contributed by atoms with Gasteiger partial charge in [-0.1, -0.05) is 19.8 Å². The zero-order valence-electron chi connectivity index (χ0n) is 9.66. The van der Waals surface area contributed by atoms with Crippen molar-refractivity contribution in [2.24, 2.45) is 5.73 Å². The predicted octanol–water partition coefficient (Wildman–Crippen LogP) is 3.47. The summed E-state index contributed by atoms with van der Waals surface area (Å²) in [5.41, 5.74) is 6.79. The summed E-state index contributed by atoms with van der Waals surface area (Å²) in [6.07, 6.45) is 2.12. The van der Waals surface area contributed by atoms with Crippen LogP contribution in [0.1, 0.15) is 37.8 Å². The number of aromatic hydroxyl groups is 1. The fourth-order valence-corrected chi connectivity index (χ4v) is 2.81. The molecule has 17 heavy (non-hydrogen) atoms. The Kier molecular flexibility index (Phi) is 5.92. The number of benzene rings is 1. The van der Waals surface area contributed by atoms with Gasteiger partial charge in [-0.2, -0.15) is 0 Å². The molecule has 0 aliphatic carbocycles. The third-order valence-corrected chi connectivity index (χ3v) is 3.90. The summed E-state index contributed by atoms with van der Waals surface area (Å²) < 4.78 is 1.14. The Labute approximate surface area is 118 Å². The van der Waals surface area contributed by atoms with Crippen LogP contribution >= 0.6 is 31.9 Å². The van der Waals surface area contributed by atoms with Crippen LogP contribution in [0.4, 0.5) is 0 Å². The fraction of sp³-hybridized carbons (Fsp3) is 0.500. The van der Waals surface area contributed by atoms with Crippen molar-refractivity contribution in [1.82, 2.24) is 0 Å². The van der Waals surface area contributed by atoms with E-state index in [1.165, 1.54) is 0 Å². The first-order valence-corrected chi connectivity index (χ1v) is 7.17. The van der Waals surface area contributed by atoms with Crippen molar-refractivity contribution in [2.75, 3.05) is 0 Å². The second kappa shape index (κ2) is 6.73. The van der Waals surface area contributed by atoms with Crippen molar-refractivity contribution in [2.45, 2.75) is 38.3 Å². The minimum Gasteiger partial charge on any atom is -0.506 e. The largest absolute Gasteiger partial charge is 0.506 e. The van der Waals surface area contributed by atoms with Gasteiger partial charge in [-0.3, -0.25) is 0 Å². The van der Waals surface area contributed by atoms with E-state index in [4.69, 9.17) is 5.73 Å². The van der Waals surface area contributed by atoms with Crippen LogP contribution in [0.25, 0.3) is 0 Å². The van der Waals surface area contributed by atoms with Gasteiger partial charge in [0.2, 0.25) is 0 Å². The molecule has 0 amide bonds. The van der Waals surface area contributed by atoms with Gasteiger partial charge in [-0.15, -0.1) is 0 Å². The quantitative estimate of drug-likeness (QED) is 0.747. The molecule has 5 heteroatoms. The topological polar surface area (TPSA) is 66.5 Å². The molecule has 96 valence electrons. The van der Waals surface area contributed by atoms with Gasteiger partial charge in [-0.25, -0.2) is 0 Å². The summed E-state index contributed by atoms with van der Waals surface area (Å²) in [6, 6.07) is 3.04. The number of unbranched alkanes of at least 4 members (excludes halogenated alkanes) is 1. The molecule has 0 fully saturated rings. The third kappa shape index (κ3) is 3.95. The van der Waals surface area contributed by atoms with Crippen LogP contribution in [-0.2, 0) is 0 Å². The van der Waals surface area contributed by atoms with Gasteiger partial charge in [0.15, 0.2) is 0 Å². The molecule has 1 aromatic carbocycles. The molecule has 0 heterocycles. The Balaban J connectivity index is 2.85. The molecule has 0 aromatic heterocycles. The van der Waals surface area contributed by atoms with E-state index in [9.17, 15) is 10.2 Å². The summed E-state index contributed by atoms with van der Waals surface area (Å²) in [5.74, 6) is 0.143. The van der Waals surface area contributed by atoms with Crippen molar-refractivity contribution in [3.63, 3.8) is 0 Å². The van der Waals surface area contributed by atoms with Gasteiger partial charge < -0.3 is 15.9 Å². The standard InChI is InChI=1S/C12H17Br2NO2/c1-2-3-4-10(16)11(15)7-5-8(13)12(17)9(14)6-7/h5-6,10-11,16-17H,2-4,15H2,1H3/t10-,11+/m0/s1. The highest BCUT2D eigenvalue weighted by molar-refractivity contribution is 9.11. The fourth-order valence-electron chi connectivity index (χ4n) is 1.59. The van der Waals surface area contributed by atoms with Gasteiger partial charge in [0.05, 0.1) is 21.1 Å². The lowest BCUT2D eigenvalue weighted by Gasteiger charge is -2.20. The Morgan fingerprint density at radius 3 is 2.29 bits per heavy atom. The van der Waals surface area contributed by atoms with Crippen molar-refractivity contribution in [3.05, 3.63) is 26.6 Å². The molecule has 0 unspecified atom stereocenters. The average molecular weight is 367 g/mol. The van der Waals surface area contributed by atoms with E-state index in [1.54, 1.807) is 12.1 Å². The molecule has 1 rings (SSSR count). The molecular weight excluding hydrogens is 350 g/mol. The summed E-state index contributed by atoms with van der Waals surface area (Å²) in [6.45, 7) is 2.08. The van der Waals surface area contributed by atoms with Crippen molar-refractivity contribution >= 4 is 31.9 Å². The Hall–Kier alpha value is -0.100. The molecule has 0 aliphatic rings.